The molecule has 2 aromatic rings. The second-order valence-electron chi connectivity index (χ2n) is 4.52. The highest BCUT2D eigenvalue weighted by molar-refractivity contribution is 7.13. The number of nitrogens with one attached hydrogen (secondary N) is 1. The molecule has 0 saturated carbocycles. The molecule has 1 aromatic carbocycles. The van der Waals surface area contributed by atoms with Crippen LogP contribution in [0.2, 0.25) is 5.02 Å². The Hall–Kier alpha value is -2.12. The SMILES string of the molecule is COC(=O)CNC(=O)c1sc(COc2ccc(Cl)cc2)nc1C. The molecule has 0 fully saturated rings. The molecule has 0 aliphatic heterocycles. The van der Waals surface area contributed by atoms with E-state index in [9.17, 15) is 9.59 Å². The van der Waals surface area contributed by atoms with E-state index in [1.165, 1.54) is 18.4 Å². The highest BCUT2D eigenvalue weighted by Gasteiger charge is 2.16. The number of rotatable bonds is 6. The minimum atomic E-state index is -0.508. The minimum Gasteiger partial charge on any atom is -0.486 e. The largest absolute Gasteiger partial charge is 0.486 e. The summed E-state index contributed by atoms with van der Waals surface area (Å²) in [4.78, 5) is 27.8. The summed E-state index contributed by atoms with van der Waals surface area (Å²) in [5.74, 6) is -0.200. The number of nitrogens with zero attached hydrogens (tertiary/aromatic N) is 1. The lowest BCUT2D eigenvalue weighted by atomic mass is 10.3. The van der Waals surface area contributed by atoms with Crippen molar-refractivity contribution in [1.82, 2.24) is 10.3 Å². The van der Waals surface area contributed by atoms with Gasteiger partial charge in [-0.1, -0.05) is 11.6 Å². The maximum atomic E-state index is 12.0. The molecule has 1 amide bonds. The molecule has 1 aromatic heterocycles. The van der Waals surface area contributed by atoms with E-state index in [0.717, 1.165) is 0 Å². The number of ether oxygens (including phenoxy) is 2. The molecule has 0 atom stereocenters. The molecule has 8 heteroatoms. The lowest BCUT2D eigenvalue weighted by molar-refractivity contribution is -0.139. The molecule has 122 valence electrons. The molecule has 0 radical (unpaired) electrons. The van der Waals surface area contributed by atoms with Crippen molar-refractivity contribution >= 4 is 34.8 Å². The van der Waals surface area contributed by atoms with Gasteiger partial charge in [0, 0.05) is 5.02 Å². The van der Waals surface area contributed by atoms with Crippen molar-refractivity contribution in [2.45, 2.75) is 13.5 Å². The number of methoxy groups -OCH3 is 1. The Kier molecular flexibility index (Phi) is 5.95. The van der Waals surface area contributed by atoms with Gasteiger partial charge < -0.3 is 14.8 Å². The Morgan fingerprint density at radius 2 is 2.00 bits per heavy atom. The summed E-state index contributed by atoms with van der Waals surface area (Å²) in [6.45, 7) is 1.80. The first-order valence-electron chi connectivity index (χ1n) is 6.69. The fourth-order valence-corrected chi connectivity index (χ4v) is 2.73. The van der Waals surface area contributed by atoms with Crippen LogP contribution in [0.1, 0.15) is 20.4 Å². The third-order valence-electron chi connectivity index (χ3n) is 2.84. The third kappa shape index (κ3) is 4.94. The number of aromatic nitrogens is 1. The first-order valence-corrected chi connectivity index (χ1v) is 7.88. The number of amides is 1. The van der Waals surface area contributed by atoms with Crippen LogP contribution in [-0.2, 0) is 16.1 Å². The van der Waals surface area contributed by atoms with E-state index >= 15 is 0 Å². The summed E-state index contributed by atoms with van der Waals surface area (Å²) < 4.78 is 10.1. The Labute approximate surface area is 142 Å². The molecule has 0 bridgehead atoms. The number of carbonyl (C=O) groups is 2. The summed E-state index contributed by atoms with van der Waals surface area (Å²) >= 11 is 7.03. The van der Waals surface area contributed by atoms with E-state index < -0.39 is 5.97 Å². The average molecular weight is 355 g/mol. The Balaban J connectivity index is 1.96. The first-order chi connectivity index (χ1) is 11.0. The van der Waals surface area contributed by atoms with Gasteiger partial charge in [-0.25, -0.2) is 4.98 Å². The van der Waals surface area contributed by atoms with Crippen LogP contribution in [0.3, 0.4) is 0 Å². The van der Waals surface area contributed by atoms with Gasteiger partial charge in [0.25, 0.3) is 5.91 Å². The van der Waals surface area contributed by atoms with Gasteiger partial charge in [0.05, 0.1) is 12.8 Å². The summed E-state index contributed by atoms with van der Waals surface area (Å²) in [6.07, 6.45) is 0. The molecule has 2 rings (SSSR count). The van der Waals surface area contributed by atoms with Crippen molar-refractivity contribution in [1.29, 1.82) is 0 Å². The van der Waals surface area contributed by atoms with E-state index in [0.29, 0.717) is 26.4 Å². The van der Waals surface area contributed by atoms with Crippen LogP contribution in [-0.4, -0.2) is 30.5 Å². The van der Waals surface area contributed by atoms with Crippen molar-refractivity contribution in [3.63, 3.8) is 0 Å². The zero-order valence-electron chi connectivity index (χ0n) is 12.6. The normalized spacial score (nSPS) is 10.2. The van der Waals surface area contributed by atoms with Crippen LogP contribution in [0, 0.1) is 6.92 Å². The Bertz CT molecular complexity index is 700. The van der Waals surface area contributed by atoms with Crippen molar-refractivity contribution in [2.75, 3.05) is 13.7 Å². The maximum Gasteiger partial charge on any atom is 0.325 e. The Morgan fingerprint density at radius 3 is 2.65 bits per heavy atom. The predicted molar refractivity (Wildman–Crippen MR) is 87.0 cm³/mol. The number of carbonyl (C=O) groups excluding carboxylic acids is 2. The zero-order valence-corrected chi connectivity index (χ0v) is 14.2. The minimum absolute atomic E-state index is 0.177. The number of hydrogen-bond acceptors (Lipinski definition) is 6. The first kappa shape index (κ1) is 17.2. The van der Waals surface area contributed by atoms with Gasteiger partial charge in [0.15, 0.2) is 0 Å². The molecule has 0 spiro atoms. The number of thiazole rings is 1. The monoisotopic (exact) mass is 354 g/mol. The summed E-state index contributed by atoms with van der Waals surface area (Å²) in [5.41, 5.74) is 0.590. The van der Waals surface area contributed by atoms with Crippen molar-refractivity contribution < 1.29 is 19.1 Å². The highest BCUT2D eigenvalue weighted by atomic mass is 35.5. The fourth-order valence-electron chi connectivity index (χ4n) is 1.71. The second kappa shape index (κ2) is 7.94. The van der Waals surface area contributed by atoms with E-state index in [1.807, 2.05) is 0 Å². The fraction of sp³-hybridized carbons (Fsp3) is 0.267. The van der Waals surface area contributed by atoms with E-state index in [1.54, 1.807) is 31.2 Å². The van der Waals surface area contributed by atoms with Crippen LogP contribution in [0.4, 0.5) is 0 Å². The number of aryl methyl sites for hydroxylation is 1. The van der Waals surface area contributed by atoms with Crippen molar-refractivity contribution in [2.24, 2.45) is 0 Å². The molecule has 23 heavy (non-hydrogen) atoms. The standard InChI is InChI=1S/C15H15ClN2O4S/c1-9-14(15(20)17-7-13(19)21-2)23-12(18-9)8-22-11-5-3-10(16)4-6-11/h3-6H,7-8H2,1-2H3,(H,17,20). The summed E-state index contributed by atoms with van der Waals surface area (Å²) in [6, 6.07) is 6.98. The van der Waals surface area contributed by atoms with Gasteiger partial charge >= 0.3 is 5.97 Å². The summed E-state index contributed by atoms with van der Waals surface area (Å²) in [5, 5.41) is 3.78. The molecular weight excluding hydrogens is 340 g/mol. The van der Waals surface area contributed by atoms with Gasteiger partial charge in [-0.3, -0.25) is 9.59 Å². The lowest BCUT2D eigenvalue weighted by Gasteiger charge is -2.03. The van der Waals surface area contributed by atoms with Gasteiger partial charge in [-0.2, -0.15) is 0 Å². The number of hydrogen-bond donors (Lipinski definition) is 1. The maximum absolute atomic E-state index is 12.0. The molecule has 6 nitrogen and oxygen atoms in total. The molecular formula is C15H15ClN2O4S. The lowest BCUT2D eigenvalue weighted by Crippen LogP contribution is -2.29. The number of benzene rings is 1. The van der Waals surface area contributed by atoms with E-state index in [4.69, 9.17) is 16.3 Å². The van der Waals surface area contributed by atoms with Gasteiger partial charge in [-0.15, -0.1) is 11.3 Å². The second-order valence-corrected chi connectivity index (χ2v) is 6.04. The van der Waals surface area contributed by atoms with Crippen LogP contribution in [0.15, 0.2) is 24.3 Å². The Morgan fingerprint density at radius 1 is 1.30 bits per heavy atom. The smallest absolute Gasteiger partial charge is 0.325 e. The van der Waals surface area contributed by atoms with Crippen LogP contribution in [0.25, 0.3) is 0 Å². The highest BCUT2D eigenvalue weighted by Crippen LogP contribution is 2.21. The van der Waals surface area contributed by atoms with Crippen LogP contribution in [0.5, 0.6) is 5.75 Å². The van der Waals surface area contributed by atoms with Crippen molar-refractivity contribution in [3.8, 4) is 5.75 Å². The molecule has 0 aliphatic carbocycles. The molecule has 0 unspecified atom stereocenters. The number of halogens is 1. The quantitative estimate of drug-likeness (QED) is 0.807. The predicted octanol–water partition coefficient (Wildman–Crippen LogP) is 2.59. The molecule has 0 saturated heterocycles. The van der Waals surface area contributed by atoms with E-state index in [-0.39, 0.29) is 19.1 Å². The third-order valence-corrected chi connectivity index (χ3v) is 4.23. The van der Waals surface area contributed by atoms with Crippen LogP contribution >= 0.6 is 22.9 Å². The molecule has 0 aliphatic rings. The zero-order chi connectivity index (χ0) is 16.8. The topological polar surface area (TPSA) is 77.5 Å². The van der Waals surface area contributed by atoms with Gasteiger partial charge in [0.1, 0.15) is 28.8 Å². The summed E-state index contributed by atoms with van der Waals surface area (Å²) in [7, 11) is 1.26. The molecule has 1 N–H and O–H groups in total. The average Bonchev–Trinajstić information content (AvgIpc) is 2.92. The molecule has 1 heterocycles. The number of esters is 1. The van der Waals surface area contributed by atoms with Gasteiger partial charge in [0.2, 0.25) is 0 Å². The van der Waals surface area contributed by atoms with Crippen molar-refractivity contribution in [3.05, 3.63) is 44.9 Å². The van der Waals surface area contributed by atoms with E-state index in [2.05, 4.69) is 15.0 Å². The van der Waals surface area contributed by atoms with Crippen LogP contribution < -0.4 is 10.1 Å². The van der Waals surface area contributed by atoms with Gasteiger partial charge in [-0.05, 0) is 31.2 Å².